The van der Waals surface area contributed by atoms with Crippen LogP contribution in [0.5, 0.6) is 17.2 Å². The summed E-state index contributed by atoms with van der Waals surface area (Å²) in [5.41, 5.74) is 5.79. The van der Waals surface area contributed by atoms with Gasteiger partial charge in [-0.1, -0.05) is 29.5 Å². The second-order valence-corrected chi connectivity index (χ2v) is 13.5. The lowest BCUT2D eigenvalue weighted by atomic mass is 9.95. The molecule has 51 heavy (non-hydrogen) atoms. The van der Waals surface area contributed by atoms with Gasteiger partial charge in [0.2, 0.25) is 0 Å². The van der Waals surface area contributed by atoms with Crippen molar-refractivity contribution >= 4 is 23.4 Å². The maximum atomic E-state index is 14.3. The van der Waals surface area contributed by atoms with E-state index in [0.717, 1.165) is 28.2 Å². The Kier molecular flexibility index (Phi) is 10.3. The molecule has 1 aliphatic heterocycles. The number of fused-ring (bicyclic) bond motifs is 1. The Morgan fingerprint density at radius 3 is 2.39 bits per heavy atom. The Labute approximate surface area is 299 Å². The molecule has 0 fully saturated rings. The molecule has 1 atom stereocenters. The quantitative estimate of drug-likeness (QED) is 0.142. The fraction of sp³-hybridized carbons (Fsp3) is 0.275. The zero-order chi connectivity index (χ0) is 36.4. The fourth-order valence-electron chi connectivity index (χ4n) is 6.22. The second kappa shape index (κ2) is 14.8. The third-order valence-corrected chi connectivity index (χ3v) is 9.54. The van der Waals surface area contributed by atoms with Crippen LogP contribution in [0, 0.1) is 19.7 Å². The van der Waals surface area contributed by atoms with Crippen molar-refractivity contribution in [1.29, 1.82) is 0 Å². The van der Waals surface area contributed by atoms with Gasteiger partial charge < -0.3 is 23.5 Å². The fourth-order valence-corrected chi connectivity index (χ4v) is 7.26. The van der Waals surface area contributed by atoms with Crippen LogP contribution in [0.2, 0.25) is 0 Å². The molecule has 9 nitrogen and oxygen atoms in total. The number of hydrogen-bond donors (Lipinski definition) is 0. The number of aromatic nitrogens is 2. The minimum Gasteiger partial charge on any atom is -0.493 e. The molecule has 6 rings (SSSR count). The lowest BCUT2D eigenvalue weighted by molar-refractivity contribution is -0.139. The summed E-state index contributed by atoms with van der Waals surface area (Å²) < 4.78 is 40.4. The van der Waals surface area contributed by atoms with E-state index in [-0.39, 0.29) is 24.1 Å². The topological polar surface area (TPSA) is 93.3 Å². The zero-order valence-corrected chi connectivity index (χ0v) is 30.5. The van der Waals surface area contributed by atoms with Gasteiger partial charge >= 0.3 is 5.97 Å². The Hall–Kier alpha value is -5.42. The summed E-state index contributed by atoms with van der Waals surface area (Å²) in [4.78, 5) is 32.9. The van der Waals surface area contributed by atoms with E-state index in [1.165, 1.54) is 23.5 Å². The van der Waals surface area contributed by atoms with Crippen molar-refractivity contribution in [2.75, 3.05) is 13.7 Å². The molecule has 0 bridgehead atoms. The standard InChI is InChI=1S/C40H40FN3O6S/c1-8-48-39(46)36-25(5)42-40-44(37(36)28-11-18-33(50-23(2)3)34(20-28)47-7)38(45)35(51-40)21-29-19-24(4)43(26(29)6)31-14-16-32(17-15-31)49-22-27-9-12-30(41)13-10-27/h9-21,23,37H,8,22H2,1-7H3/b35-21+/t37-/m0/s1. The normalized spacial score (nSPS) is 14.4. The van der Waals surface area contributed by atoms with Crippen LogP contribution in [0.15, 0.2) is 93.9 Å². The van der Waals surface area contributed by atoms with Crippen LogP contribution in [0.3, 0.4) is 0 Å². The molecule has 5 aromatic rings. The minimum absolute atomic E-state index is 0.0750. The van der Waals surface area contributed by atoms with Gasteiger partial charge in [-0.2, -0.15) is 0 Å². The number of methoxy groups -OCH3 is 1. The Morgan fingerprint density at radius 2 is 1.73 bits per heavy atom. The highest BCUT2D eigenvalue weighted by atomic mass is 32.1. The molecular weight excluding hydrogens is 670 g/mol. The molecule has 1 aliphatic rings. The molecule has 0 spiro atoms. The number of rotatable bonds is 11. The first-order valence-electron chi connectivity index (χ1n) is 16.7. The first kappa shape index (κ1) is 35.4. The van der Waals surface area contributed by atoms with Gasteiger partial charge in [0, 0.05) is 17.1 Å². The van der Waals surface area contributed by atoms with Crippen LogP contribution in [-0.4, -0.2) is 34.9 Å². The van der Waals surface area contributed by atoms with Gasteiger partial charge in [-0.25, -0.2) is 14.2 Å². The number of nitrogens with zero attached hydrogens (tertiary/aromatic N) is 3. The van der Waals surface area contributed by atoms with E-state index in [2.05, 4.69) is 4.57 Å². The lowest BCUT2D eigenvalue weighted by Crippen LogP contribution is -2.40. The number of benzene rings is 3. The highest BCUT2D eigenvalue weighted by Crippen LogP contribution is 2.36. The predicted molar refractivity (Wildman–Crippen MR) is 195 cm³/mol. The molecule has 11 heteroatoms. The molecule has 0 aliphatic carbocycles. The third-order valence-electron chi connectivity index (χ3n) is 8.55. The average molecular weight is 710 g/mol. The summed E-state index contributed by atoms with van der Waals surface area (Å²) in [6.45, 7) is 11.9. The number of allylic oxidation sites excluding steroid dienone is 1. The number of carbonyl (C=O) groups excluding carboxylic acids is 1. The number of esters is 1. The summed E-state index contributed by atoms with van der Waals surface area (Å²) in [7, 11) is 1.56. The summed E-state index contributed by atoms with van der Waals surface area (Å²) in [5.74, 6) is 0.925. The minimum atomic E-state index is -0.791. The van der Waals surface area contributed by atoms with Gasteiger partial charge in [0.05, 0.1) is 41.7 Å². The number of thiazole rings is 1. The van der Waals surface area contributed by atoms with Crippen LogP contribution >= 0.6 is 11.3 Å². The van der Waals surface area contributed by atoms with Gasteiger partial charge in [-0.3, -0.25) is 9.36 Å². The van der Waals surface area contributed by atoms with E-state index >= 15 is 0 Å². The lowest BCUT2D eigenvalue weighted by Gasteiger charge is -2.25. The third kappa shape index (κ3) is 7.25. The predicted octanol–water partition coefficient (Wildman–Crippen LogP) is 6.72. The molecule has 2 aromatic heterocycles. The van der Waals surface area contributed by atoms with E-state index in [4.69, 9.17) is 23.9 Å². The SMILES string of the molecule is CCOC(=O)C1=C(C)N=c2s/c(=C/c3cc(C)n(-c4ccc(OCc5ccc(F)cc5)cc4)c3C)c(=O)n2[C@H]1c1ccc(OC(C)C)c(OC)c1. The Morgan fingerprint density at radius 1 is 1.00 bits per heavy atom. The highest BCUT2D eigenvalue weighted by molar-refractivity contribution is 7.07. The number of ether oxygens (including phenoxy) is 4. The molecule has 0 N–H and O–H groups in total. The second-order valence-electron chi connectivity index (χ2n) is 12.5. The molecular formula is C40H40FN3O6S. The molecule has 264 valence electrons. The maximum absolute atomic E-state index is 14.3. The molecule has 3 heterocycles. The van der Waals surface area contributed by atoms with E-state index in [1.54, 1.807) is 49.8 Å². The molecule has 0 radical (unpaired) electrons. The summed E-state index contributed by atoms with van der Waals surface area (Å²) >= 11 is 1.27. The Bertz CT molecular complexity index is 2300. The van der Waals surface area contributed by atoms with Crippen molar-refractivity contribution in [2.24, 2.45) is 4.99 Å². The van der Waals surface area contributed by atoms with Crippen molar-refractivity contribution in [1.82, 2.24) is 9.13 Å². The average Bonchev–Trinajstić information content (AvgIpc) is 3.56. The van der Waals surface area contributed by atoms with E-state index < -0.39 is 12.0 Å². The van der Waals surface area contributed by atoms with Crippen molar-refractivity contribution in [3.63, 3.8) is 0 Å². The van der Waals surface area contributed by atoms with Crippen molar-refractivity contribution in [2.45, 2.75) is 60.3 Å². The molecule has 0 saturated heterocycles. The van der Waals surface area contributed by atoms with Crippen LogP contribution in [-0.2, 0) is 16.1 Å². The van der Waals surface area contributed by atoms with Crippen molar-refractivity contribution < 1.29 is 28.1 Å². The monoisotopic (exact) mass is 709 g/mol. The van der Waals surface area contributed by atoms with Gasteiger partial charge in [-0.15, -0.1) is 0 Å². The number of halogens is 1. The van der Waals surface area contributed by atoms with Crippen LogP contribution in [0.4, 0.5) is 4.39 Å². The summed E-state index contributed by atoms with van der Waals surface area (Å²) in [5, 5.41) is 0. The van der Waals surface area contributed by atoms with Crippen molar-refractivity contribution in [3.05, 3.63) is 138 Å². The molecule has 3 aromatic carbocycles. The van der Waals surface area contributed by atoms with E-state index in [0.29, 0.717) is 50.0 Å². The van der Waals surface area contributed by atoms with Gasteiger partial charge in [-0.05, 0) is 119 Å². The molecule has 0 amide bonds. The first-order valence-corrected chi connectivity index (χ1v) is 17.5. The smallest absolute Gasteiger partial charge is 0.338 e. The van der Waals surface area contributed by atoms with E-state index in [9.17, 15) is 14.0 Å². The number of carbonyl (C=O) groups is 1. The summed E-state index contributed by atoms with van der Waals surface area (Å²) in [6.07, 6.45) is 1.80. The molecule has 0 saturated carbocycles. The summed E-state index contributed by atoms with van der Waals surface area (Å²) in [6, 6.07) is 20.7. The van der Waals surface area contributed by atoms with Crippen LogP contribution in [0.1, 0.15) is 61.8 Å². The number of aryl methyl sites for hydroxylation is 1. The largest absolute Gasteiger partial charge is 0.493 e. The molecule has 0 unspecified atom stereocenters. The first-order chi connectivity index (χ1) is 24.5. The maximum Gasteiger partial charge on any atom is 0.338 e. The van der Waals surface area contributed by atoms with Gasteiger partial charge in [0.1, 0.15) is 18.2 Å². The van der Waals surface area contributed by atoms with Crippen molar-refractivity contribution in [3.8, 4) is 22.9 Å². The van der Waals surface area contributed by atoms with E-state index in [1.807, 2.05) is 70.2 Å². The van der Waals surface area contributed by atoms with Crippen LogP contribution < -0.4 is 29.1 Å². The number of hydrogen-bond acceptors (Lipinski definition) is 8. The Balaban J connectivity index is 1.37. The highest BCUT2D eigenvalue weighted by Gasteiger charge is 2.34. The van der Waals surface area contributed by atoms with Gasteiger partial charge in [0.15, 0.2) is 16.3 Å². The van der Waals surface area contributed by atoms with Gasteiger partial charge in [0.25, 0.3) is 5.56 Å². The van der Waals surface area contributed by atoms with Crippen LogP contribution in [0.25, 0.3) is 11.8 Å². The zero-order valence-electron chi connectivity index (χ0n) is 29.7.